The Hall–Kier alpha value is -2.10. The number of anilines is 2. The van der Waals surface area contributed by atoms with E-state index >= 15 is 0 Å². The summed E-state index contributed by atoms with van der Waals surface area (Å²) in [6.07, 6.45) is 3.45. The highest BCUT2D eigenvalue weighted by molar-refractivity contribution is 5.41. The second kappa shape index (κ2) is 5.84. The average molecular weight is 228 g/mol. The van der Waals surface area contributed by atoms with Crippen molar-refractivity contribution < 1.29 is 0 Å². The SMILES string of the molecule is CCNc1cncc(NCc2ccccc2)n1. The molecule has 0 unspecified atom stereocenters. The highest BCUT2D eigenvalue weighted by Gasteiger charge is 1.97. The molecule has 1 aromatic carbocycles. The van der Waals surface area contributed by atoms with Crippen molar-refractivity contribution in [3.05, 3.63) is 48.3 Å². The molecule has 2 rings (SSSR count). The number of rotatable bonds is 5. The van der Waals surface area contributed by atoms with Crippen molar-refractivity contribution in [1.29, 1.82) is 0 Å². The van der Waals surface area contributed by atoms with Gasteiger partial charge >= 0.3 is 0 Å². The van der Waals surface area contributed by atoms with E-state index in [1.54, 1.807) is 12.4 Å². The fraction of sp³-hybridized carbons (Fsp3) is 0.231. The van der Waals surface area contributed by atoms with Crippen molar-refractivity contribution in [2.75, 3.05) is 17.2 Å². The number of nitrogens with one attached hydrogen (secondary N) is 2. The Morgan fingerprint density at radius 3 is 2.41 bits per heavy atom. The molecule has 0 saturated carbocycles. The van der Waals surface area contributed by atoms with E-state index in [4.69, 9.17) is 0 Å². The summed E-state index contributed by atoms with van der Waals surface area (Å²) in [4.78, 5) is 8.52. The van der Waals surface area contributed by atoms with Gasteiger partial charge in [0.2, 0.25) is 0 Å². The third-order valence-corrected chi connectivity index (χ3v) is 2.31. The monoisotopic (exact) mass is 228 g/mol. The van der Waals surface area contributed by atoms with Crippen LogP contribution in [0.3, 0.4) is 0 Å². The standard InChI is InChI=1S/C13H16N4/c1-2-15-12-9-14-10-13(17-12)16-8-11-6-4-3-5-7-11/h3-7,9-10H,2,8H2,1H3,(H2,15,16,17). The van der Waals surface area contributed by atoms with E-state index in [0.29, 0.717) is 0 Å². The summed E-state index contributed by atoms with van der Waals surface area (Å²) in [6, 6.07) is 10.2. The first-order valence-corrected chi connectivity index (χ1v) is 5.72. The lowest BCUT2D eigenvalue weighted by Gasteiger charge is -2.07. The molecule has 0 radical (unpaired) electrons. The summed E-state index contributed by atoms with van der Waals surface area (Å²) in [5.41, 5.74) is 1.23. The molecule has 1 heterocycles. The van der Waals surface area contributed by atoms with Crippen molar-refractivity contribution in [3.63, 3.8) is 0 Å². The Morgan fingerprint density at radius 1 is 1.00 bits per heavy atom. The summed E-state index contributed by atoms with van der Waals surface area (Å²) in [5.74, 6) is 1.58. The van der Waals surface area contributed by atoms with Crippen LogP contribution in [0.2, 0.25) is 0 Å². The Morgan fingerprint density at radius 2 is 1.71 bits per heavy atom. The number of aromatic nitrogens is 2. The van der Waals surface area contributed by atoms with E-state index in [2.05, 4.69) is 32.7 Å². The molecule has 0 amide bonds. The molecule has 0 bridgehead atoms. The maximum Gasteiger partial charge on any atom is 0.147 e. The second-order valence-electron chi connectivity index (χ2n) is 3.66. The van der Waals surface area contributed by atoms with E-state index < -0.39 is 0 Å². The van der Waals surface area contributed by atoms with Gasteiger partial charge in [0, 0.05) is 13.1 Å². The van der Waals surface area contributed by atoms with Crippen molar-refractivity contribution in [3.8, 4) is 0 Å². The van der Waals surface area contributed by atoms with Crippen LogP contribution in [0.25, 0.3) is 0 Å². The zero-order valence-electron chi connectivity index (χ0n) is 9.85. The van der Waals surface area contributed by atoms with Gasteiger partial charge in [-0.15, -0.1) is 0 Å². The molecule has 0 fully saturated rings. The first kappa shape index (κ1) is 11.4. The van der Waals surface area contributed by atoms with Crippen LogP contribution in [0, 0.1) is 0 Å². The van der Waals surface area contributed by atoms with Crippen LogP contribution in [0.1, 0.15) is 12.5 Å². The van der Waals surface area contributed by atoms with Crippen LogP contribution in [-0.4, -0.2) is 16.5 Å². The van der Waals surface area contributed by atoms with Gasteiger partial charge in [-0.1, -0.05) is 30.3 Å². The Kier molecular flexibility index (Phi) is 3.91. The number of benzene rings is 1. The maximum absolute atomic E-state index is 4.39. The fourth-order valence-electron chi connectivity index (χ4n) is 1.51. The maximum atomic E-state index is 4.39. The molecule has 0 aliphatic carbocycles. The molecule has 0 saturated heterocycles. The second-order valence-corrected chi connectivity index (χ2v) is 3.66. The zero-order chi connectivity index (χ0) is 11.9. The van der Waals surface area contributed by atoms with Crippen molar-refractivity contribution in [2.45, 2.75) is 13.5 Å². The van der Waals surface area contributed by atoms with Gasteiger partial charge < -0.3 is 10.6 Å². The van der Waals surface area contributed by atoms with Crippen molar-refractivity contribution >= 4 is 11.6 Å². The van der Waals surface area contributed by atoms with Gasteiger partial charge in [-0.2, -0.15) is 0 Å². The molecular weight excluding hydrogens is 212 g/mol. The summed E-state index contributed by atoms with van der Waals surface area (Å²) < 4.78 is 0. The van der Waals surface area contributed by atoms with Crippen molar-refractivity contribution in [2.24, 2.45) is 0 Å². The summed E-state index contributed by atoms with van der Waals surface area (Å²) in [7, 11) is 0. The van der Waals surface area contributed by atoms with Gasteiger partial charge in [0.05, 0.1) is 12.4 Å². The lowest BCUT2D eigenvalue weighted by atomic mass is 10.2. The van der Waals surface area contributed by atoms with Gasteiger partial charge in [-0.25, -0.2) is 4.98 Å². The van der Waals surface area contributed by atoms with Crippen LogP contribution >= 0.6 is 0 Å². The van der Waals surface area contributed by atoms with E-state index in [9.17, 15) is 0 Å². The van der Waals surface area contributed by atoms with Crippen molar-refractivity contribution in [1.82, 2.24) is 9.97 Å². The molecular formula is C13H16N4. The average Bonchev–Trinajstić information content (AvgIpc) is 2.39. The fourth-order valence-corrected chi connectivity index (χ4v) is 1.51. The minimum Gasteiger partial charge on any atom is -0.369 e. The van der Waals surface area contributed by atoms with E-state index in [1.807, 2.05) is 25.1 Å². The molecule has 2 N–H and O–H groups in total. The molecule has 0 aliphatic rings. The number of nitrogens with zero attached hydrogens (tertiary/aromatic N) is 2. The number of hydrogen-bond acceptors (Lipinski definition) is 4. The Labute approximate surface area is 101 Å². The third-order valence-electron chi connectivity index (χ3n) is 2.31. The predicted octanol–water partition coefficient (Wildman–Crippen LogP) is 2.52. The largest absolute Gasteiger partial charge is 0.369 e. The summed E-state index contributed by atoms with van der Waals surface area (Å²) in [6.45, 7) is 3.63. The Bertz CT molecular complexity index is 456. The highest BCUT2D eigenvalue weighted by atomic mass is 15.1. The lowest BCUT2D eigenvalue weighted by molar-refractivity contribution is 1.07. The zero-order valence-corrected chi connectivity index (χ0v) is 9.85. The molecule has 0 spiro atoms. The van der Waals surface area contributed by atoms with Gasteiger partial charge in [0.1, 0.15) is 11.6 Å². The van der Waals surface area contributed by atoms with Gasteiger partial charge in [-0.05, 0) is 12.5 Å². The topological polar surface area (TPSA) is 49.8 Å². The highest BCUT2D eigenvalue weighted by Crippen LogP contribution is 2.08. The summed E-state index contributed by atoms with van der Waals surface area (Å²) >= 11 is 0. The quantitative estimate of drug-likeness (QED) is 0.825. The van der Waals surface area contributed by atoms with Gasteiger partial charge in [0.15, 0.2) is 0 Å². The summed E-state index contributed by atoms with van der Waals surface area (Å²) in [5, 5.41) is 6.38. The molecule has 88 valence electrons. The molecule has 17 heavy (non-hydrogen) atoms. The van der Waals surface area contributed by atoms with E-state index in [0.717, 1.165) is 24.7 Å². The number of hydrogen-bond donors (Lipinski definition) is 2. The van der Waals surface area contributed by atoms with E-state index in [1.165, 1.54) is 5.56 Å². The smallest absolute Gasteiger partial charge is 0.147 e. The Balaban J connectivity index is 1.97. The normalized spacial score (nSPS) is 9.94. The van der Waals surface area contributed by atoms with Crippen LogP contribution in [0.4, 0.5) is 11.6 Å². The molecule has 0 atom stereocenters. The van der Waals surface area contributed by atoms with Gasteiger partial charge in [0.25, 0.3) is 0 Å². The molecule has 0 aliphatic heterocycles. The lowest BCUT2D eigenvalue weighted by Crippen LogP contribution is -2.05. The van der Waals surface area contributed by atoms with Crippen LogP contribution < -0.4 is 10.6 Å². The van der Waals surface area contributed by atoms with Crippen LogP contribution in [-0.2, 0) is 6.54 Å². The molecule has 2 aromatic rings. The van der Waals surface area contributed by atoms with Crippen LogP contribution in [0.15, 0.2) is 42.7 Å². The van der Waals surface area contributed by atoms with E-state index in [-0.39, 0.29) is 0 Å². The first-order chi connectivity index (χ1) is 8.38. The van der Waals surface area contributed by atoms with Crippen LogP contribution in [0.5, 0.6) is 0 Å². The van der Waals surface area contributed by atoms with Gasteiger partial charge in [-0.3, -0.25) is 4.98 Å². The molecule has 4 nitrogen and oxygen atoms in total. The predicted molar refractivity (Wildman–Crippen MR) is 70.0 cm³/mol. The molecule has 1 aromatic heterocycles. The first-order valence-electron chi connectivity index (χ1n) is 5.72. The third kappa shape index (κ3) is 3.45. The minimum atomic E-state index is 0.755. The molecule has 4 heteroatoms. The minimum absolute atomic E-state index is 0.755.